The van der Waals surface area contributed by atoms with Crippen molar-refractivity contribution in [2.24, 2.45) is 5.92 Å². The van der Waals surface area contributed by atoms with Crippen LogP contribution in [0.25, 0.3) is 0 Å². The summed E-state index contributed by atoms with van der Waals surface area (Å²) in [5.41, 5.74) is 0. The molecule has 0 aromatic carbocycles. The Morgan fingerprint density at radius 3 is 2.75 bits per heavy atom. The van der Waals surface area contributed by atoms with E-state index in [9.17, 15) is 4.79 Å². The minimum atomic E-state index is -0.106. The second kappa shape index (κ2) is 4.51. The largest absolute Gasteiger partial charge is 0.324 e. The number of hydrogen-bond acceptors (Lipinski definition) is 3. The normalized spacial score (nSPS) is 17.5. The highest BCUT2D eigenvalue weighted by atomic mass is 16.2. The number of H-pyrrole nitrogens is 1. The Morgan fingerprint density at radius 2 is 2.19 bits per heavy atom. The highest BCUT2D eigenvalue weighted by molar-refractivity contribution is 5.87. The molecular formula is C10H17N5O. The van der Waals surface area contributed by atoms with Gasteiger partial charge in [0.25, 0.3) is 0 Å². The zero-order chi connectivity index (χ0) is 11.5. The van der Waals surface area contributed by atoms with Crippen LogP contribution in [0.3, 0.4) is 0 Å². The first kappa shape index (κ1) is 10.9. The van der Waals surface area contributed by atoms with E-state index in [1.165, 1.54) is 0 Å². The highest BCUT2D eigenvalue weighted by Crippen LogP contribution is 2.16. The van der Waals surface area contributed by atoms with Gasteiger partial charge in [0.1, 0.15) is 5.82 Å². The number of aromatic nitrogens is 3. The molecule has 0 spiro atoms. The SMILES string of the molecule is Cc1nc(NC(=O)N2CCC(C)CC2)n[nH]1. The van der Waals surface area contributed by atoms with E-state index in [1.807, 2.05) is 4.90 Å². The molecule has 1 aliphatic rings. The minimum Gasteiger partial charge on any atom is -0.324 e. The maximum Gasteiger partial charge on any atom is 0.324 e. The molecule has 0 atom stereocenters. The number of nitrogens with one attached hydrogen (secondary N) is 2. The average Bonchev–Trinajstić information content (AvgIpc) is 2.65. The summed E-state index contributed by atoms with van der Waals surface area (Å²) in [4.78, 5) is 17.7. The van der Waals surface area contributed by atoms with Gasteiger partial charge >= 0.3 is 6.03 Å². The smallest absolute Gasteiger partial charge is 0.324 e. The van der Waals surface area contributed by atoms with E-state index < -0.39 is 0 Å². The number of nitrogens with zero attached hydrogens (tertiary/aromatic N) is 3. The number of piperidine rings is 1. The maximum atomic E-state index is 11.8. The lowest BCUT2D eigenvalue weighted by molar-refractivity contribution is 0.186. The molecule has 2 heterocycles. The molecule has 1 aromatic heterocycles. The Hall–Kier alpha value is -1.59. The summed E-state index contributed by atoms with van der Waals surface area (Å²) in [5.74, 6) is 1.76. The van der Waals surface area contributed by atoms with Gasteiger partial charge in [0.2, 0.25) is 5.95 Å². The molecule has 1 aromatic rings. The lowest BCUT2D eigenvalue weighted by atomic mass is 10.00. The van der Waals surface area contributed by atoms with Gasteiger partial charge in [0, 0.05) is 13.1 Å². The van der Waals surface area contributed by atoms with Crippen molar-refractivity contribution in [1.29, 1.82) is 0 Å². The Bertz CT molecular complexity index is 367. The third-order valence-corrected chi connectivity index (χ3v) is 2.89. The fraction of sp³-hybridized carbons (Fsp3) is 0.700. The van der Waals surface area contributed by atoms with E-state index in [4.69, 9.17) is 0 Å². The van der Waals surface area contributed by atoms with Crippen LogP contribution in [0.2, 0.25) is 0 Å². The van der Waals surface area contributed by atoms with Gasteiger partial charge in [-0.15, -0.1) is 5.10 Å². The van der Waals surface area contributed by atoms with Crippen molar-refractivity contribution in [3.8, 4) is 0 Å². The maximum absolute atomic E-state index is 11.8. The van der Waals surface area contributed by atoms with Gasteiger partial charge in [-0.2, -0.15) is 4.98 Å². The van der Waals surface area contributed by atoms with Crippen LogP contribution in [-0.2, 0) is 0 Å². The summed E-state index contributed by atoms with van der Waals surface area (Å²) >= 11 is 0. The Balaban J connectivity index is 1.88. The van der Waals surface area contributed by atoms with E-state index in [1.54, 1.807) is 6.92 Å². The monoisotopic (exact) mass is 223 g/mol. The van der Waals surface area contributed by atoms with Crippen LogP contribution in [-0.4, -0.2) is 39.2 Å². The van der Waals surface area contributed by atoms with Gasteiger partial charge in [0.05, 0.1) is 0 Å². The van der Waals surface area contributed by atoms with Crippen LogP contribution >= 0.6 is 0 Å². The van der Waals surface area contributed by atoms with Gasteiger partial charge < -0.3 is 4.90 Å². The van der Waals surface area contributed by atoms with E-state index >= 15 is 0 Å². The number of anilines is 1. The molecule has 1 fully saturated rings. The Morgan fingerprint density at radius 1 is 1.50 bits per heavy atom. The Labute approximate surface area is 94.4 Å². The van der Waals surface area contributed by atoms with E-state index in [-0.39, 0.29) is 6.03 Å². The predicted molar refractivity (Wildman–Crippen MR) is 60.1 cm³/mol. The first-order valence-corrected chi connectivity index (χ1v) is 5.60. The van der Waals surface area contributed by atoms with Crippen LogP contribution in [0.4, 0.5) is 10.7 Å². The molecule has 0 radical (unpaired) electrons. The molecule has 2 N–H and O–H groups in total. The molecule has 6 nitrogen and oxygen atoms in total. The van der Waals surface area contributed by atoms with Crippen molar-refractivity contribution in [3.05, 3.63) is 5.82 Å². The van der Waals surface area contributed by atoms with Crippen molar-refractivity contribution in [2.45, 2.75) is 26.7 Å². The molecule has 16 heavy (non-hydrogen) atoms. The quantitative estimate of drug-likeness (QED) is 0.755. The minimum absolute atomic E-state index is 0.106. The first-order chi connectivity index (χ1) is 7.65. The summed E-state index contributed by atoms with van der Waals surface area (Å²) in [6, 6.07) is -0.106. The number of rotatable bonds is 1. The molecular weight excluding hydrogens is 206 g/mol. The van der Waals surface area contributed by atoms with Crippen molar-refractivity contribution in [2.75, 3.05) is 18.4 Å². The van der Waals surface area contributed by atoms with Crippen molar-refractivity contribution < 1.29 is 4.79 Å². The summed E-state index contributed by atoms with van der Waals surface area (Å²) in [7, 11) is 0. The van der Waals surface area contributed by atoms with Crippen LogP contribution in [0.15, 0.2) is 0 Å². The van der Waals surface area contributed by atoms with E-state index in [0.29, 0.717) is 11.8 Å². The van der Waals surface area contributed by atoms with Crippen molar-refractivity contribution in [1.82, 2.24) is 20.1 Å². The standard InChI is InChI=1S/C10H17N5O/c1-7-3-5-15(6-4-7)10(16)12-9-11-8(2)13-14-9/h7H,3-6H2,1-2H3,(H2,11,12,13,14,16). The van der Waals surface area contributed by atoms with Crippen molar-refractivity contribution in [3.63, 3.8) is 0 Å². The fourth-order valence-electron chi connectivity index (χ4n) is 1.78. The van der Waals surface area contributed by atoms with Crippen LogP contribution < -0.4 is 5.32 Å². The first-order valence-electron chi connectivity index (χ1n) is 5.60. The second-order valence-electron chi connectivity index (χ2n) is 4.34. The third-order valence-electron chi connectivity index (χ3n) is 2.89. The molecule has 88 valence electrons. The number of urea groups is 1. The molecule has 0 bridgehead atoms. The number of aryl methyl sites for hydroxylation is 1. The summed E-state index contributed by atoms with van der Waals surface area (Å²) in [5, 5.41) is 9.24. The average molecular weight is 223 g/mol. The number of hydrogen-bond donors (Lipinski definition) is 2. The zero-order valence-electron chi connectivity index (χ0n) is 9.66. The molecule has 2 amide bonds. The summed E-state index contributed by atoms with van der Waals surface area (Å²) in [6.45, 7) is 5.64. The van der Waals surface area contributed by atoms with Crippen molar-refractivity contribution >= 4 is 12.0 Å². The van der Waals surface area contributed by atoms with Crippen LogP contribution in [0.1, 0.15) is 25.6 Å². The molecule has 2 rings (SSSR count). The molecule has 0 aliphatic carbocycles. The molecule has 0 saturated carbocycles. The number of aromatic amines is 1. The zero-order valence-corrected chi connectivity index (χ0v) is 9.66. The molecule has 0 unspecified atom stereocenters. The second-order valence-corrected chi connectivity index (χ2v) is 4.34. The number of likely N-dealkylation sites (tertiary alicyclic amines) is 1. The van der Waals surface area contributed by atoms with Crippen LogP contribution in [0, 0.1) is 12.8 Å². The molecule has 6 heteroatoms. The van der Waals surface area contributed by atoms with E-state index in [2.05, 4.69) is 27.4 Å². The number of carbonyl (C=O) groups excluding carboxylic acids is 1. The number of carbonyl (C=O) groups is 1. The summed E-state index contributed by atoms with van der Waals surface area (Å²) < 4.78 is 0. The predicted octanol–water partition coefficient (Wildman–Crippen LogP) is 1.38. The molecule has 1 saturated heterocycles. The van der Waals surface area contributed by atoms with Gasteiger partial charge in [-0.05, 0) is 25.7 Å². The lowest BCUT2D eigenvalue weighted by Gasteiger charge is -2.29. The Kier molecular flexibility index (Phi) is 3.07. The van der Waals surface area contributed by atoms with E-state index in [0.717, 1.165) is 31.8 Å². The lowest BCUT2D eigenvalue weighted by Crippen LogP contribution is -2.40. The summed E-state index contributed by atoms with van der Waals surface area (Å²) in [6.07, 6.45) is 2.14. The molecule has 1 aliphatic heterocycles. The van der Waals surface area contributed by atoms with Crippen LogP contribution in [0.5, 0.6) is 0 Å². The van der Waals surface area contributed by atoms with Gasteiger partial charge in [-0.1, -0.05) is 6.92 Å². The third kappa shape index (κ3) is 2.50. The van der Waals surface area contributed by atoms with Gasteiger partial charge in [-0.3, -0.25) is 10.4 Å². The topological polar surface area (TPSA) is 73.9 Å². The fourth-order valence-corrected chi connectivity index (χ4v) is 1.78. The highest BCUT2D eigenvalue weighted by Gasteiger charge is 2.20. The number of amides is 2. The van der Waals surface area contributed by atoms with Gasteiger partial charge in [-0.25, -0.2) is 4.79 Å². The van der Waals surface area contributed by atoms with Gasteiger partial charge in [0.15, 0.2) is 0 Å².